The number of benzene rings is 1. The van der Waals surface area contributed by atoms with Crippen molar-refractivity contribution in [3.8, 4) is 0 Å². The van der Waals surface area contributed by atoms with Crippen molar-refractivity contribution in [3.05, 3.63) is 53.5 Å². The Labute approximate surface area is 165 Å². The fourth-order valence-corrected chi connectivity index (χ4v) is 2.74. The van der Waals surface area contributed by atoms with Crippen molar-refractivity contribution in [1.82, 2.24) is 20.6 Å². The van der Waals surface area contributed by atoms with Gasteiger partial charge in [-0.2, -0.15) is 13.2 Å². The van der Waals surface area contributed by atoms with E-state index in [1.54, 1.807) is 7.05 Å². The Bertz CT molecular complexity index is 999. The van der Waals surface area contributed by atoms with E-state index >= 15 is 0 Å². The summed E-state index contributed by atoms with van der Waals surface area (Å²) in [6, 6.07) is 8.63. The largest absolute Gasteiger partial charge is 0.459 e. The summed E-state index contributed by atoms with van der Waals surface area (Å²) in [5.74, 6) is 1.27. The summed E-state index contributed by atoms with van der Waals surface area (Å²) < 4.78 is 43.9. The first kappa shape index (κ1) is 20.4. The average Bonchev–Trinajstić information content (AvgIpc) is 3.03. The highest BCUT2D eigenvalue weighted by Crippen LogP contribution is 2.27. The highest BCUT2D eigenvalue weighted by Gasteiger charge is 2.32. The Morgan fingerprint density at radius 3 is 2.66 bits per heavy atom. The lowest BCUT2D eigenvalue weighted by Crippen LogP contribution is -2.39. The first-order chi connectivity index (χ1) is 13.9. The van der Waals surface area contributed by atoms with Crippen LogP contribution in [0.5, 0.6) is 0 Å². The molecule has 29 heavy (non-hydrogen) atoms. The molecule has 2 aromatic heterocycles. The summed E-state index contributed by atoms with van der Waals surface area (Å²) >= 11 is 0. The number of fused-ring (bicyclic) bond motifs is 1. The molecule has 3 N–H and O–H groups in total. The molecule has 3 aromatic rings. The molecule has 2 heterocycles. The monoisotopic (exact) mass is 406 g/mol. The molecule has 0 unspecified atom stereocenters. The lowest BCUT2D eigenvalue weighted by molar-refractivity contribution is -0.141. The summed E-state index contributed by atoms with van der Waals surface area (Å²) in [6.07, 6.45) is -3.43. The van der Waals surface area contributed by atoms with Crippen LogP contribution >= 0.6 is 0 Å². The van der Waals surface area contributed by atoms with Crippen LogP contribution in [0.2, 0.25) is 0 Å². The summed E-state index contributed by atoms with van der Waals surface area (Å²) in [5.41, 5.74) is 0.906. The molecule has 0 spiro atoms. The van der Waals surface area contributed by atoms with Gasteiger partial charge in [0.2, 0.25) is 5.95 Å². The van der Waals surface area contributed by atoms with Gasteiger partial charge in [0, 0.05) is 37.3 Å². The Balaban J connectivity index is 1.48. The van der Waals surface area contributed by atoms with E-state index in [1.807, 2.05) is 31.2 Å². The lowest BCUT2D eigenvalue weighted by atomic mass is 10.1. The van der Waals surface area contributed by atoms with Crippen LogP contribution in [0.25, 0.3) is 11.0 Å². The summed E-state index contributed by atoms with van der Waals surface area (Å²) in [5, 5.41) is 10.0. The lowest BCUT2D eigenvalue weighted by Gasteiger charge is -2.12. The molecule has 0 amide bonds. The van der Waals surface area contributed by atoms with Gasteiger partial charge >= 0.3 is 6.18 Å². The zero-order valence-electron chi connectivity index (χ0n) is 16.0. The third-order valence-electron chi connectivity index (χ3n) is 4.23. The molecule has 0 bridgehead atoms. The normalized spacial score (nSPS) is 12.2. The second kappa shape index (κ2) is 8.80. The minimum Gasteiger partial charge on any atom is -0.459 e. The van der Waals surface area contributed by atoms with Gasteiger partial charge in [0.05, 0.1) is 6.54 Å². The van der Waals surface area contributed by atoms with E-state index in [2.05, 4.69) is 30.9 Å². The van der Waals surface area contributed by atoms with Gasteiger partial charge in [-0.25, -0.2) is 9.97 Å². The standard InChI is InChI=1S/C19H21F3N6O/c1-12-13-5-3-4-6-14(13)29-15(12)11-27-17(23-2)25-9-10-26-18-24-8-7-16(28-18)19(20,21)22/h3-8H,9-11H2,1-2H3,(H2,23,25,27)(H,24,26,28). The van der Waals surface area contributed by atoms with E-state index in [0.29, 0.717) is 25.6 Å². The number of alkyl halides is 3. The second-order valence-electron chi connectivity index (χ2n) is 6.19. The predicted octanol–water partition coefficient (Wildman–Crippen LogP) is 3.33. The molecule has 1 aromatic carbocycles. The number of nitrogens with one attached hydrogen (secondary N) is 3. The first-order valence-electron chi connectivity index (χ1n) is 8.94. The maximum atomic E-state index is 12.7. The number of rotatable bonds is 6. The molecule has 0 saturated heterocycles. The number of furan rings is 1. The molecule has 0 radical (unpaired) electrons. The molecule has 0 aliphatic rings. The number of aromatic nitrogens is 2. The van der Waals surface area contributed by atoms with E-state index in [-0.39, 0.29) is 5.95 Å². The first-order valence-corrected chi connectivity index (χ1v) is 8.94. The van der Waals surface area contributed by atoms with Crippen LogP contribution in [0.1, 0.15) is 17.0 Å². The van der Waals surface area contributed by atoms with E-state index in [1.165, 1.54) is 0 Å². The quantitative estimate of drug-likeness (QED) is 0.331. The van der Waals surface area contributed by atoms with Gasteiger partial charge in [-0.1, -0.05) is 18.2 Å². The number of halogens is 3. The number of para-hydroxylation sites is 1. The SMILES string of the molecule is CN=C(NCCNc1nccc(C(F)(F)F)n1)NCc1oc2ccccc2c1C. The maximum absolute atomic E-state index is 12.7. The van der Waals surface area contributed by atoms with Crippen LogP contribution in [0.15, 0.2) is 45.9 Å². The molecule has 154 valence electrons. The van der Waals surface area contributed by atoms with E-state index in [4.69, 9.17) is 4.42 Å². The molecule has 0 saturated carbocycles. The third kappa shape index (κ3) is 5.15. The number of guanidine groups is 1. The van der Waals surface area contributed by atoms with Crippen LogP contribution in [0.4, 0.5) is 19.1 Å². The fourth-order valence-electron chi connectivity index (χ4n) is 2.74. The van der Waals surface area contributed by atoms with Crippen LogP contribution < -0.4 is 16.0 Å². The molecule has 7 nitrogen and oxygen atoms in total. The summed E-state index contributed by atoms with van der Waals surface area (Å²) in [7, 11) is 1.63. The molecule has 0 atom stereocenters. The minimum atomic E-state index is -4.50. The molecule has 0 fully saturated rings. The summed E-state index contributed by atoms with van der Waals surface area (Å²) in [4.78, 5) is 11.4. The molecule has 10 heteroatoms. The molecular weight excluding hydrogens is 385 g/mol. The van der Waals surface area contributed by atoms with Gasteiger partial charge in [0.1, 0.15) is 17.0 Å². The van der Waals surface area contributed by atoms with Gasteiger partial charge in [0.25, 0.3) is 0 Å². The third-order valence-corrected chi connectivity index (χ3v) is 4.23. The predicted molar refractivity (Wildman–Crippen MR) is 105 cm³/mol. The molecule has 0 aliphatic carbocycles. The van der Waals surface area contributed by atoms with Crippen LogP contribution in [0.3, 0.4) is 0 Å². The number of aryl methyl sites for hydroxylation is 1. The van der Waals surface area contributed by atoms with Crippen molar-refractivity contribution in [1.29, 1.82) is 0 Å². The maximum Gasteiger partial charge on any atom is 0.433 e. The second-order valence-corrected chi connectivity index (χ2v) is 6.19. The van der Waals surface area contributed by atoms with Crippen molar-refractivity contribution in [2.45, 2.75) is 19.6 Å². The Morgan fingerprint density at radius 1 is 1.14 bits per heavy atom. The van der Waals surface area contributed by atoms with Gasteiger partial charge in [-0.15, -0.1) is 0 Å². The zero-order valence-corrected chi connectivity index (χ0v) is 16.0. The molecular formula is C19H21F3N6O. The molecule has 0 aliphatic heterocycles. The number of anilines is 1. The van der Waals surface area contributed by atoms with Crippen LogP contribution in [-0.2, 0) is 12.7 Å². The van der Waals surface area contributed by atoms with Gasteiger partial charge in [-0.3, -0.25) is 4.99 Å². The van der Waals surface area contributed by atoms with Crippen molar-refractivity contribution in [3.63, 3.8) is 0 Å². The Morgan fingerprint density at radius 2 is 1.93 bits per heavy atom. The molecule has 3 rings (SSSR count). The van der Waals surface area contributed by atoms with E-state index in [0.717, 1.165) is 34.6 Å². The Hall–Kier alpha value is -3.30. The number of aliphatic imine (C=N–C) groups is 1. The number of hydrogen-bond acceptors (Lipinski definition) is 5. The fraction of sp³-hybridized carbons (Fsp3) is 0.316. The average molecular weight is 406 g/mol. The van der Waals surface area contributed by atoms with Crippen molar-refractivity contribution in [2.24, 2.45) is 4.99 Å². The number of hydrogen-bond donors (Lipinski definition) is 3. The smallest absolute Gasteiger partial charge is 0.433 e. The van der Waals surface area contributed by atoms with Gasteiger partial charge in [0.15, 0.2) is 5.96 Å². The highest BCUT2D eigenvalue weighted by atomic mass is 19.4. The topological polar surface area (TPSA) is 87.4 Å². The summed E-state index contributed by atoms with van der Waals surface area (Å²) in [6.45, 7) is 3.16. The van der Waals surface area contributed by atoms with Gasteiger partial charge < -0.3 is 20.4 Å². The van der Waals surface area contributed by atoms with E-state index < -0.39 is 11.9 Å². The Kier molecular flexibility index (Phi) is 6.20. The number of nitrogens with zero attached hydrogens (tertiary/aromatic N) is 3. The van der Waals surface area contributed by atoms with Crippen LogP contribution in [0, 0.1) is 6.92 Å². The minimum absolute atomic E-state index is 0.0810. The van der Waals surface area contributed by atoms with Crippen molar-refractivity contribution >= 4 is 22.9 Å². The highest BCUT2D eigenvalue weighted by molar-refractivity contribution is 5.82. The van der Waals surface area contributed by atoms with Crippen molar-refractivity contribution in [2.75, 3.05) is 25.5 Å². The van der Waals surface area contributed by atoms with Crippen molar-refractivity contribution < 1.29 is 17.6 Å². The van der Waals surface area contributed by atoms with Gasteiger partial charge in [-0.05, 0) is 19.1 Å². The zero-order chi connectivity index (χ0) is 20.9. The van der Waals surface area contributed by atoms with E-state index in [9.17, 15) is 13.2 Å². The van der Waals surface area contributed by atoms with Crippen LogP contribution in [-0.4, -0.2) is 36.1 Å².